The van der Waals surface area contributed by atoms with Gasteiger partial charge in [0.2, 0.25) is 5.91 Å². The highest BCUT2D eigenvalue weighted by atomic mass is 16.6. The van der Waals surface area contributed by atoms with Gasteiger partial charge in [-0.1, -0.05) is 0 Å². The Morgan fingerprint density at radius 3 is 2.56 bits per heavy atom. The Morgan fingerprint density at radius 1 is 1.44 bits per heavy atom. The average molecular weight is 259 g/mol. The Bertz CT molecular complexity index is 327. The van der Waals surface area contributed by atoms with E-state index >= 15 is 0 Å². The number of ether oxygens (including phenoxy) is 1. The van der Waals surface area contributed by atoms with E-state index in [0.29, 0.717) is 6.54 Å². The molecule has 2 amide bonds. The van der Waals surface area contributed by atoms with E-state index in [0.717, 1.165) is 0 Å². The van der Waals surface area contributed by atoms with Gasteiger partial charge in [0.15, 0.2) is 0 Å². The van der Waals surface area contributed by atoms with E-state index in [4.69, 9.17) is 10.5 Å². The molecule has 0 unspecified atom stereocenters. The molecule has 7 heteroatoms. The topological polar surface area (TPSA) is 105 Å². The molecule has 4 N–H and O–H groups in total. The van der Waals surface area contributed by atoms with Gasteiger partial charge in [-0.15, -0.1) is 0 Å². The van der Waals surface area contributed by atoms with Gasteiger partial charge in [0.1, 0.15) is 5.60 Å². The van der Waals surface area contributed by atoms with Crippen molar-refractivity contribution in [1.29, 1.82) is 0 Å². The normalized spacial score (nSPS) is 24.1. The minimum absolute atomic E-state index is 0.0239. The zero-order valence-corrected chi connectivity index (χ0v) is 11.0. The molecule has 1 aliphatic heterocycles. The van der Waals surface area contributed by atoms with Gasteiger partial charge in [0.25, 0.3) is 0 Å². The smallest absolute Gasteiger partial charge is 0.410 e. The van der Waals surface area contributed by atoms with Crippen LogP contribution in [0.2, 0.25) is 0 Å². The van der Waals surface area contributed by atoms with Crippen LogP contribution in [0.4, 0.5) is 4.79 Å². The number of hydrogen-bond acceptors (Lipinski definition) is 5. The number of primary amides is 1. The van der Waals surface area contributed by atoms with Crippen LogP contribution in [-0.4, -0.2) is 59.4 Å². The van der Waals surface area contributed by atoms with Crippen molar-refractivity contribution in [2.24, 2.45) is 5.73 Å². The lowest BCUT2D eigenvalue weighted by molar-refractivity contribution is -0.117. The van der Waals surface area contributed by atoms with Crippen molar-refractivity contribution in [3.05, 3.63) is 0 Å². The molecule has 18 heavy (non-hydrogen) atoms. The number of amides is 2. The zero-order chi connectivity index (χ0) is 13.9. The Hall–Kier alpha value is -1.34. The number of carbonyl (C=O) groups is 2. The molecule has 1 saturated heterocycles. The highest BCUT2D eigenvalue weighted by Gasteiger charge is 2.35. The maximum atomic E-state index is 11.8. The summed E-state index contributed by atoms with van der Waals surface area (Å²) in [6, 6.07) is -0.356. The Kier molecular flexibility index (Phi) is 4.53. The molecule has 104 valence electrons. The number of β-amino-alcohol motifs (C(OH)–C–C–N with tert-alkyl or cyclic N) is 1. The van der Waals surface area contributed by atoms with Crippen molar-refractivity contribution in [2.45, 2.75) is 38.5 Å². The van der Waals surface area contributed by atoms with Crippen LogP contribution in [0.15, 0.2) is 0 Å². The summed E-state index contributed by atoms with van der Waals surface area (Å²) in [5.74, 6) is -0.502. The van der Waals surface area contributed by atoms with Crippen LogP contribution < -0.4 is 11.1 Å². The molecule has 2 atom stereocenters. The fourth-order valence-corrected chi connectivity index (χ4v) is 1.69. The first-order valence-corrected chi connectivity index (χ1v) is 5.87. The summed E-state index contributed by atoms with van der Waals surface area (Å²) in [5.41, 5.74) is 4.44. The van der Waals surface area contributed by atoms with E-state index in [1.807, 2.05) is 0 Å². The first-order chi connectivity index (χ1) is 8.19. The van der Waals surface area contributed by atoms with Gasteiger partial charge in [-0.3, -0.25) is 4.79 Å². The van der Waals surface area contributed by atoms with E-state index in [2.05, 4.69) is 5.32 Å². The molecule has 0 aromatic carbocycles. The van der Waals surface area contributed by atoms with Crippen LogP contribution >= 0.6 is 0 Å². The predicted molar refractivity (Wildman–Crippen MR) is 64.8 cm³/mol. The number of carbonyl (C=O) groups excluding carboxylic acids is 2. The van der Waals surface area contributed by atoms with Crippen molar-refractivity contribution < 1.29 is 19.4 Å². The predicted octanol–water partition coefficient (Wildman–Crippen LogP) is -0.958. The highest BCUT2D eigenvalue weighted by molar-refractivity contribution is 5.76. The number of nitrogens with one attached hydrogen (secondary N) is 1. The summed E-state index contributed by atoms with van der Waals surface area (Å²) in [7, 11) is 0. The van der Waals surface area contributed by atoms with Crippen molar-refractivity contribution in [2.75, 3.05) is 19.6 Å². The summed E-state index contributed by atoms with van der Waals surface area (Å²) >= 11 is 0. The van der Waals surface area contributed by atoms with E-state index in [1.54, 1.807) is 20.8 Å². The molecule has 0 bridgehead atoms. The zero-order valence-electron chi connectivity index (χ0n) is 11.0. The van der Waals surface area contributed by atoms with Crippen molar-refractivity contribution >= 4 is 12.0 Å². The number of hydrogen-bond donors (Lipinski definition) is 3. The van der Waals surface area contributed by atoms with Crippen LogP contribution in [0.5, 0.6) is 0 Å². The number of rotatable bonds is 3. The van der Waals surface area contributed by atoms with Crippen molar-refractivity contribution in [3.8, 4) is 0 Å². The van der Waals surface area contributed by atoms with Gasteiger partial charge < -0.3 is 25.8 Å². The second kappa shape index (κ2) is 5.53. The second-order valence-electron chi connectivity index (χ2n) is 5.41. The van der Waals surface area contributed by atoms with Crippen LogP contribution in [0.25, 0.3) is 0 Å². The third kappa shape index (κ3) is 4.50. The average Bonchev–Trinajstić information content (AvgIpc) is 2.54. The van der Waals surface area contributed by atoms with Gasteiger partial charge in [-0.2, -0.15) is 0 Å². The minimum Gasteiger partial charge on any atom is -0.444 e. The lowest BCUT2D eigenvalue weighted by atomic mass is 10.2. The summed E-state index contributed by atoms with van der Waals surface area (Å²) in [5, 5.41) is 12.6. The molecular formula is C11H21N3O4. The third-order valence-corrected chi connectivity index (χ3v) is 2.48. The Labute approximate surface area is 106 Å². The number of aliphatic hydroxyl groups is 1. The molecule has 0 radical (unpaired) electrons. The van der Waals surface area contributed by atoms with Gasteiger partial charge in [0.05, 0.1) is 25.2 Å². The number of nitrogens with zero attached hydrogens (tertiary/aromatic N) is 1. The van der Waals surface area contributed by atoms with Crippen LogP contribution in [0, 0.1) is 0 Å². The number of likely N-dealkylation sites (tertiary alicyclic amines) is 1. The molecule has 7 nitrogen and oxygen atoms in total. The van der Waals surface area contributed by atoms with E-state index < -0.39 is 23.7 Å². The van der Waals surface area contributed by atoms with Crippen LogP contribution in [-0.2, 0) is 9.53 Å². The van der Waals surface area contributed by atoms with Crippen LogP contribution in [0.3, 0.4) is 0 Å². The lowest BCUT2D eigenvalue weighted by Gasteiger charge is -2.24. The lowest BCUT2D eigenvalue weighted by Crippen LogP contribution is -2.43. The molecular weight excluding hydrogens is 238 g/mol. The van der Waals surface area contributed by atoms with Crippen LogP contribution in [0.1, 0.15) is 20.8 Å². The van der Waals surface area contributed by atoms with E-state index in [9.17, 15) is 14.7 Å². The minimum atomic E-state index is -0.725. The summed E-state index contributed by atoms with van der Waals surface area (Å²) in [6.45, 7) is 5.79. The maximum Gasteiger partial charge on any atom is 0.410 e. The van der Waals surface area contributed by atoms with E-state index in [-0.39, 0.29) is 19.1 Å². The number of nitrogens with two attached hydrogens (primary N) is 1. The molecule has 0 aromatic rings. The molecule has 0 spiro atoms. The fraction of sp³-hybridized carbons (Fsp3) is 0.818. The van der Waals surface area contributed by atoms with Gasteiger partial charge in [-0.25, -0.2) is 4.79 Å². The summed E-state index contributed by atoms with van der Waals surface area (Å²) in [4.78, 5) is 23.8. The molecule has 0 aliphatic carbocycles. The molecule has 1 rings (SSSR count). The molecule has 0 saturated carbocycles. The SMILES string of the molecule is CC(C)(C)OC(=O)N1C[C@@H](O)[C@H](NCC(N)=O)C1. The summed E-state index contributed by atoms with van der Waals surface area (Å²) < 4.78 is 5.20. The van der Waals surface area contributed by atoms with E-state index in [1.165, 1.54) is 4.90 Å². The maximum absolute atomic E-state index is 11.8. The fourth-order valence-electron chi connectivity index (χ4n) is 1.69. The van der Waals surface area contributed by atoms with Gasteiger partial charge in [0, 0.05) is 6.54 Å². The molecule has 1 fully saturated rings. The molecule has 1 aliphatic rings. The first-order valence-electron chi connectivity index (χ1n) is 5.87. The highest BCUT2D eigenvalue weighted by Crippen LogP contribution is 2.15. The quantitative estimate of drug-likeness (QED) is 0.605. The monoisotopic (exact) mass is 259 g/mol. The standard InChI is InChI=1S/C11H21N3O4/c1-11(2,3)18-10(17)14-5-7(8(15)6-14)13-4-9(12)16/h7-8,13,15H,4-6H2,1-3H3,(H2,12,16)/t7-,8-/m1/s1. The largest absolute Gasteiger partial charge is 0.444 e. The third-order valence-electron chi connectivity index (χ3n) is 2.48. The molecule has 0 aromatic heterocycles. The molecule has 1 heterocycles. The second-order valence-corrected chi connectivity index (χ2v) is 5.41. The Balaban J connectivity index is 2.47. The summed E-state index contributed by atoms with van der Waals surface area (Å²) in [6.07, 6.45) is -1.19. The Morgan fingerprint density at radius 2 is 2.06 bits per heavy atom. The van der Waals surface area contributed by atoms with Gasteiger partial charge in [-0.05, 0) is 20.8 Å². The van der Waals surface area contributed by atoms with Gasteiger partial charge >= 0.3 is 6.09 Å². The van der Waals surface area contributed by atoms with Crippen molar-refractivity contribution in [1.82, 2.24) is 10.2 Å². The number of aliphatic hydroxyl groups excluding tert-OH is 1. The first kappa shape index (κ1) is 14.7. The van der Waals surface area contributed by atoms with Crippen molar-refractivity contribution in [3.63, 3.8) is 0 Å².